The SMILES string of the molecule is CN(C)/C=N/S(=O)(=O)c1cc(C(F)(F)F)cc(C(F)(F)F)c1. The number of benzene rings is 1. The molecular formula is C11H10F6N2O2S. The zero-order valence-corrected chi connectivity index (χ0v) is 12.0. The van der Waals surface area contributed by atoms with Gasteiger partial charge in [0.05, 0.1) is 16.0 Å². The van der Waals surface area contributed by atoms with Crippen LogP contribution in [0.5, 0.6) is 0 Å². The van der Waals surface area contributed by atoms with Gasteiger partial charge in [0.2, 0.25) is 0 Å². The Balaban J connectivity index is 3.55. The topological polar surface area (TPSA) is 49.7 Å². The molecule has 0 aliphatic rings. The second kappa shape index (κ2) is 5.78. The largest absolute Gasteiger partial charge is 0.416 e. The molecule has 0 heterocycles. The van der Waals surface area contributed by atoms with Crippen molar-refractivity contribution in [1.82, 2.24) is 4.90 Å². The fourth-order valence-electron chi connectivity index (χ4n) is 1.29. The summed E-state index contributed by atoms with van der Waals surface area (Å²) in [5, 5.41) is 0. The Bertz CT molecular complexity index is 645. The number of hydrogen-bond donors (Lipinski definition) is 0. The van der Waals surface area contributed by atoms with E-state index < -0.39 is 38.4 Å². The monoisotopic (exact) mass is 348 g/mol. The Labute approximate surface area is 122 Å². The Kier molecular flexibility index (Phi) is 4.80. The van der Waals surface area contributed by atoms with Crippen LogP contribution in [0.25, 0.3) is 0 Å². The highest BCUT2D eigenvalue weighted by Gasteiger charge is 2.38. The molecule has 0 atom stereocenters. The Hall–Kier alpha value is -1.78. The number of alkyl halides is 6. The molecule has 4 nitrogen and oxygen atoms in total. The highest BCUT2D eigenvalue weighted by Crippen LogP contribution is 2.37. The van der Waals surface area contributed by atoms with Crippen molar-refractivity contribution in [3.63, 3.8) is 0 Å². The third-order valence-corrected chi connectivity index (χ3v) is 3.48. The number of sulfonamides is 1. The van der Waals surface area contributed by atoms with Crippen LogP contribution in [0.15, 0.2) is 27.5 Å². The third-order valence-electron chi connectivity index (χ3n) is 2.28. The molecule has 0 N–H and O–H groups in total. The molecule has 0 aliphatic heterocycles. The Morgan fingerprint density at radius 1 is 0.955 bits per heavy atom. The van der Waals surface area contributed by atoms with Crippen molar-refractivity contribution >= 4 is 16.4 Å². The van der Waals surface area contributed by atoms with E-state index in [0.717, 1.165) is 11.2 Å². The van der Waals surface area contributed by atoms with Crippen molar-refractivity contribution in [3.05, 3.63) is 29.3 Å². The summed E-state index contributed by atoms with van der Waals surface area (Å²) in [6, 6.07) is 0.0594. The van der Waals surface area contributed by atoms with E-state index in [1.54, 1.807) is 0 Å². The second-order valence-corrected chi connectivity index (χ2v) is 6.03. The van der Waals surface area contributed by atoms with Crippen molar-refractivity contribution in [1.29, 1.82) is 0 Å². The number of hydrogen-bond acceptors (Lipinski definition) is 2. The molecular weight excluding hydrogens is 338 g/mol. The quantitative estimate of drug-likeness (QED) is 0.479. The average Bonchev–Trinajstić information content (AvgIpc) is 2.34. The predicted octanol–water partition coefficient (Wildman–Crippen LogP) is 3.00. The maximum absolute atomic E-state index is 12.6. The predicted molar refractivity (Wildman–Crippen MR) is 65.8 cm³/mol. The molecule has 1 aromatic rings. The van der Waals surface area contributed by atoms with Crippen LogP contribution in [0.4, 0.5) is 26.3 Å². The van der Waals surface area contributed by atoms with Crippen LogP contribution in [-0.4, -0.2) is 33.8 Å². The van der Waals surface area contributed by atoms with E-state index in [0.29, 0.717) is 0 Å². The Morgan fingerprint density at radius 3 is 1.68 bits per heavy atom. The van der Waals surface area contributed by atoms with Crippen molar-refractivity contribution in [2.45, 2.75) is 17.2 Å². The summed E-state index contributed by atoms with van der Waals surface area (Å²) >= 11 is 0. The zero-order chi connectivity index (χ0) is 17.3. The zero-order valence-electron chi connectivity index (χ0n) is 11.2. The lowest BCUT2D eigenvalue weighted by molar-refractivity contribution is -0.143. The Morgan fingerprint density at radius 2 is 1.36 bits per heavy atom. The van der Waals surface area contributed by atoms with E-state index in [-0.39, 0.29) is 18.2 Å². The van der Waals surface area contributed by atoms with E-state index >= 15 is 0 Å². The van der Waals surface area contributed by atoms with Crippen LogP contribution < -0.4 is 0 Å². The first-order valence-electron chi connectivity index (χ1n) is 5.50. The summed E-state index contributed by atoms with van der Waals surface area (Å²) in [7, 11) is -1.93. The lowest BCUT2D eigenvalue weighted by Gasteiger charge is -2.13. The van der Waals surface area contributed by atoms with E-state index in [9.17, 15) is 34.8 Å². The summed E-state index contributed by atoms with van der Waals surface area (Å²) in [6.07, 6.45) is -9.50. The van der Waals surface area contributed by atoms with Gasteiger partial charge in [0.1, 0.15) is 6.34 Å². The molecule has 1 rings (SSSR count). The molecule has 11 heteroatoms. The molecule has 0 spiro atoms. The summed E-state index contributed by atoms with van der Waals surface area (Å²) < 4.78 is 102. The number of halogens is 6. The minimum absolute atomic E-state index is 0.109. The number of rotatable bonds is 3. The van der Waals surface area contributed by atoms with E-state index in [1.165, 1.54) is 14.1 Å². The smallest absolute Gasteiger partial charge is 0.368 e. The molecule has 0 saturated carbocycles. The molecule has 22 heavy (non-hydrogen) atoms. The van der Waals surface area contributed by atoms with Gasteiger partial charge in [-0.15, -0.1) is 4.40 Å². The first kappa shape index (κ1) is 18.3. The van der Waals surface area contributed by atoms with Crippen LogP contribution in [-0.2, 0) is 22.4 Å². The average molecular weight is 348 g/mol. The first-order chi connectivity index (χ1) is 9.73. The lowest BCUT2D eigenvalue weighted by atomic mass is 10.1. The molecule has 124 valence electrons. The van der Waals surface area contributed by atoms with Gasteiger partial charge in [0, 0.05) is 14.1 Å². The fourth-order valence-corrected chi connectivity index (χ4v) is 2.28. The van der Waals surface area contributed by atoms with Gasteiger partial charge in [-0.25, -0.2) is 0 Å². The van der Waals surface area contributed by atoms with Gasteiger partial charge in [-0.3, -0.25) is 0 Å². The molecule has 0 fully saturated rings. The molecule has 0 aliphatic carbocycles. The van der Waals surface area contributed by atoms with Gasteiger partial charge in [-0.05, 0) is 18.2 Å². The summed E-state index contributed by atoms with van der Waals surface area (Å²) in [5.41, 5.74) is -3.44. The lowest BCUT2D eigenvalue weighted by Crippen LogP contribution is -2.14. The van der Waals surface area contributed by atoms with Crippen molar-refractivity contribution in [2.75, 3.05) is 14.1 Å². The molecule has 0 aromatic heterocycles. The van der Waals surface area contributed by atoms with Crippen LogP contribution in [0.2, 0.25) is 0 Å². The summed E-state index contributed by atoms with van der Waals surface area (Å²) in [4.78, 5) is -0.0247. The normalized spacial score (nSPS) is 13.6. The molecule has 0 unspecified atom stereocenters. The minimum Gasteiger partial charge on any atom is -0.368 e. The standard InChI is InChI=1S/C11H10F6N2O2S/c1-19(2)6-18-22(20,21)9-4-7(10(12,13)14)3-8(5-9)11(15,16)17/h3-6H,1-2H3/b18-6+. The van der Waals surface area contributed by atoms with Gasteiger partial charge < -0.3 is 4.90 Å². The molecule has 0 radical (unpaired) electrons. The maximum Gasteiger partial charge on any atom is 0.416 e. The van der Waals surface area contributed by atoms with Crippen LogP contribution in [0.1, 0.15) is 11.1 Å². The highest BCUT2D eigenvalue weighted by molar-refractivity contribution is 7.90. The summed E-state index contributed by atoms with van der Waals surface area (Å²) in [5.74, 6) is 0. The van der Waals surface area contributed by atoms with Crippen molar-refractivity contribution in [2.24, 2.45) is 4.40 Å². The van der Waals surface area contributed by atoms with Gasteiger partial charge >= 0.3 is 12.4 Å². The number of nitrogens with zero attached hydrogens (tertiary/aromatic N) is 2. The van der Waals surface area contributed by atoms with Crippen LogP contribution in [0.3, 0.4) is 0 Å². The molecule has 1 aromatic carbocycles. The van der Waals surface area contributed by atoms with Gasteiger partial charge in [-0.2, -0.15) is 34.8 Å². The minimum atomic E-state index is -5.13. The van der Waals surface area contributed by atoms with E-state index in [4.69, 9.17) is 0 Å². The second-order valence-electron chi connectivity index (χ2n) is 4.40. The van der Waals surface area contributed by atoms with Gasteiger partial charge in [0.25, 0.3) is 10.0 Å². The van der Waals surface area contributed by atoms with Crippen molar-refractivity contribution < 1.29 is 34.8 Å². The van der Waals surface area contributed by atoms with Crippen LogP contribution in [0, 0.1) is 0 Å². The fraction of sp³-hybridized carbons (Fsp3) is 0.364. The maximum atomic E-state index is 12.6. The highest BCUT2D eigenvalue weighted by atomic mass is 32.2. The third kappa shape index (κ3) is 4.61. The molecule has 0 bridgehead atoms. The van der Waals surface area contributed by atoms with E-state index in [2.05, 4.69) is 4.40 Å². The van der Waals surface area contributed by atoms with Gasteiger partial charge in [-0.1, -0.05) is 0 Å². The molecule has 0 saturated heterocycles. The first-order valence-corrected chi connectivity index (χ1v) is 6.94. The van der Waals surface area contributed by atoms with Crippen molar-refractivity contribution in [3.8, 4) is 0 Å². The van der Waals surface area contributed by atoms with E-state index in [1.807, 2.05) is 0 Å². The van der Waals surface area contributed by atoms with Crippen LogP contribution >= 0.6 is 0 Å². The van der Waals surface area contributed by atoms with Gasteiger partial charge in [0.15, 0.2) is 0 Å². The summed E-state index contributed by atoms with van der Waals surface area (Å²) in [6.45, 7) is 0. The molecule has 0 amide bonds.